The van der Waals surface area contributed by atoms with Crippen LogP contribution in [0.15, 0.2) is 48.5 Å². The average molecular weight is 362 g/mol. The van der Waals surface area contributed by atoms with Crippen molar-refractivity contribution in [2.75, 3.05) is 37.5 Å². The van der Waals surface area contributed by atoms with Crippen molar-refractivity contribution in [3.8, 4) is 5.75 Å². The summed E-state index contributed by atoms with van der Waals surface area (Å²) in [5, 5.41) is 5.81. The molecule has 0 aliphatic heterocycles. The average Bonchev–Trinajstić information content (AvgIpc) is 2.60. The van der Waals surface area contributed by atoms with Gasteiger partial charge in [0.2, 0.25) is 5.91 Å². The van der Waals surface area contributed by atoms with Crippen LogP contribution < -0.4 is 20.3 Å². The van der Waals surface area contributed by atoms with Gasteiger partial charge in [0.05, 0.1) is 6.54 Å². The van der Waals surface area contributed by atoms with Crippen LogP contribution in [0.3, 0.4) is 0 Å². The molecular formula is C18H20ClN3O3. The molecule has 0 fully saturated rings. The van der Waals surface area contributed by atoms with Gasteiger partial charge in [-0.05, 0) is 48.5 Å². The van der Waals surface area contributed by atoms with Crippen LogP contribution in [0.1, 0.15) is 0 Å². The van der Waals surface area contributed by atoms with Gasteiger partial charge in [0.1, 0.15) is 5.75 Å². The number of halogens is 1. The Morgan fingerprint density at radius 3 is 2.24 bits per heavy atom. The van der Waals surface area contributed by atoms with Crippen molar-refractivity contribution in [1.82, 2.24) is 5.32 Å². The van der Waals surface area contributed by atoms with Gasteiger partial charge in [0, 0.05) is 30.5 Å². The first-order valence-corrected chi connectivity index (χ1v) is 8.04. The summed E-state index contributed by atoms with van der Waals surface area (Å²) in [4.78, 5) is 25.5. The zero-order valence-electron chi connectivity index (χ0n) is 14.1. The topological polar surface area (TPSA) is 70.7 Å². The maximum absolute atomic E-state index is 11.9. The normalized spacial score (nSPS) is 10.0. The summed E-state index contributed by atoms with van der Waals surface area (Å²) in [6, 6.07) is 14.1. The highest BCUT2D eigenvalue weighted by Crippen LogP contribution is 2.16. The van der Waals surface area contributed by atoms with Crippen molar-refractivity contribution >= 4 is 34.8 Å². The molecule has 0 spiro atoms. The minimum atomic E-state index is -0.381. The van der Waals surface area contributed by atoms with E-state index in [9.17, 15) is 9.59 Å². The zero-order valence-corrected chi connectivity index (χ0v) is 14.8. The largest absolute Gasteiger partial charge is 0.484 e. The summed E-state index contributed by atoms with van der Waals surface area (Å²) in [6.45, 7) is -0.301. The fourth-order valence-corrected chi connectivity index (χ4v) is 2.08. The van der Waals surface area contributed by atoms with E-state index in [4.69, 9.17) is 16.3 Å². The molecular weight excluding hydrogens is 342 g/mol. The van der Waals surface area contributed by atoms with Crippen LogP contribution in [-0.4, -0.2) is 39.1 Å². The number of hydrogen-bond donors (Lipinski definition) is 2. The van der Waals surface area contributed by atoms with E-state index >= 15 is 0 Å². The van der Waals surface area contributed by atoms with E-state index in [-0.39, 0.29) is 25.0 Å². The second-order valence-corrected chi connectivity index (χ2v) is 5.95. The number of nitrogens with one attached hydrogen (secondary N) is 2. The predicted molar refractivity (Wildman–Crippen MR) is 99.4 cm³/mol. The molecule has 7 heteroatoms. The van der Waals surface area contributed by atoms with Crippen LogP contribution in [0.5, 0.6) is 5.75 Å². The number of nitrogens with zero attached hydrogens (tertiary/aromatic N) is 1. The molecule has 2 aromatic carbocycles. The Morgan fingerprint density at radius 2 is 1.64 bits per heavy atom. The summed E-state index contributed by atoms with van der Waals surface area (Å²) in [5.74, 6) is -0.157. The van der Waals surface area contributed by atoms with E-state index in [1.165, 1.54) is 0 Å². The molecule has 0 saturated carbocycles. The van der Waals surface area contributed by atoms with Crippen LogP contribution >= 0.6 is 11.6 Å². The van der Waals surface area contributed by atoms with Gasteiger partial charge in [-0.25, -0.2) is 0 Å². The Kier molecular flexibility index (Phi) is 6.65. The lowest BCUT2D eigenvalue weighted by Gasteiger charge is -2.13. The number of carbonyl (C=O) groups excluding carboxylic acids is 2. The van der Waals surface area contributed by atoms with E-state index in [0.29, 0.717) is 16.5 Å². The molecule has 0 aliphatic rings. The van der Waals surface area contributed by atoms with Crippen molar-refractivity contribution < 1.29 is 14.3 Å². The van der Waals surface area contributed by atoms with E-state index in [1.54, 1.807) is 36.4 Å². The van der Waals surface area contributed by atoms with E-state index in [0.717, 1.165) is 5.69 Å². The third kappa shape index (κ3) is 6.35. The van der Waals surface area contributed by atoms with Gasteiger partial charge in [0.15, 0.2) is 6.61 Å². The van der Waals surface area contributed by atoms with Crippen LogP contribution in [0.25, 0.3) is 0 Å². The highest BCUT2D eigenvalue weighted by atomic mass is 35.5. The predicted octanol–water partition coefficient (Wildman–Crippen LogP) is 2.54. The van der Waals surface area contributed by atoms with Gasteiger partial charge in [-0.15, -0.1) is 0 Å². The van der Waals surface area contributed by atoms with Crippen molar-refractivity contribution in [1.29, 1.82) is 0 Å². The lowest BCUT2D eigenvalue weighted by molar-refractivity contribution is -0.125. The Labute approximate surface area is 151 Å². The van der Waals surface area contributed by atoms with Gasteiger partial charge < -0.3 is 20.3 Å². The molecule has 6 nitrogen and oxygen atoms in total. The summed E-state index contributed by atoms with van der Waals surface area (Å²) in [6.07, 6.45) is 0. The number of hydrogen-bond acceptors (Lipinski definition) is 4. The third-order valence-electron chi connectivity index (χ3n) is 3.30. The maximum Gasteiger partial charge on any atom is 0.258 e. The second kappa shape index (κ2) is 8.94. The molecule has 132 valence electrons. The highest BCUT2D eigenvalue weighted by Gasteiger charge is 2.07. The van der Waals surface area contributed by atoms with Gasteiger partial charge in [0.25, 0.3) is 5.91 Å². The first-order chi connectivity index (χ1) is 11.9. The molecule has 0 aliphatic carbocycles. The van der Waals surface area contributed by atoms with Crippen molar-refractivity contribution in [3.05, 3.63) is 53.6 Å². The van der Waals surface area contributed by atoms with Crippen molar-refractivity contribution in [3.63, 3.8) is 0 Å². The Hall–Kier alpha value is -2.73. The Balaban J connectivity index is 1.71. The molecule has 0 atom stereocenters. The fraction of sp³-hybridized carbons (Fsp3) is 0.222. The molecule has 2 N–H and O–H groups in total. The number of ether oxygens (including phenoxy) is 1. The summed E-state index contributed by atoms with van der Waals surface area (Å²) in [7, 11) is 3.88. The summed E-state index contributed by atoms with van der Waals surface area (Å²) < 4.78 is 5.30. The molecule has 2 amide bonds. The first kappa shape index (κ1) is 18.6. The van der Waals surface area contributed by atoms with Crippen LogP contribution in [0.4, 0.5) is 11.4 Å². The third-order valence-corrected chi connectivity index (χ3v) is 3.55. The lowest BCUT2D eigenvalue weighted by atomic mass is 10.2. The van der Waals surface area contributed by atoms with Gasteiger partial charge >= 0.3 is 0 Å². The molecule has 25 heavy (non-hydrogen) atoms. The second-order valence-electron chi connectivity index (χ2n) is 5.51. The lowest BCUT2D eigenvalue weighted by Crippen LogP contribution is -2.35. The minimum absolute atomic E-state index is 0.127. The molecule has 0 saturated heterocycles. The standard InChI is InChI=1S/C18H20ClN3O3/c1-22(2)15-7-5-14(6-8-15)21-17(23)11-20-18(24)12-25-16-9-3-13(19)4-10-16/h3-10H,11-12H2,1-2H3,(H,20,24)(H,21,23). The first-order valence-electron chi connectivity index (χ1n) is 7.66. The highest BCUT2D eigenvalue weighted by molar-refractivity contribution is 6.30. The molecule has 0 unspecified atom stereocenters. The zero-order chi connectivity index (χ0) is 18.2. The number of benzene rings is 2. The molecule has 2 rings (SSSR count). The fourth-order valence-electron chi connectivity index (χ4n) is 1.96. The van der Waals surface area contributed by atoms with Crippen LogP contribution in [0.2, 0.25) is 5.02 Å². The molecule has 0 bridgehead atoms. The van der Waals surface area contributed by atoms with Gasteiger partial charge in [-0.1, -0.05) is 11.6 Å². The Morgan fingerprint density at radius 1 is 1.00 bits per heavy atom. The Bertz CT molecular complexity index is 715. The number of amides is 2. The van der Waals surface area contributed by atoms with Crippen molar-refractivity contribution in [2.24, 2.45) is 0 Å². The minimum Gasteiger partial charge on any atom is -0.484 e. The number of carbonyl (C=O) groups is 2. The van der Waals surface area contributed by atoms with Gasteiger partial charge in [-0.2, -0.15) is 0 Å². The smallest absolute Gasteiger partial charge is 0.258 e. The summed E-state index contributed by atoms with van der Waals surface area (Å²) in [5.41, 5.74) is 1.70. The summed E-state index contributed by atoms with van der Waals surface area (Å²) >= 11 is 5.77. The SMILES string of the molecule is CN(C)c1ccc(NC(=O)CNC(=O)COc2ccc(Cl)cc2)cc1. The molecule has 0 radical (unpaired) electrons. The molecule has 2 aromatic rings. The molecule has 0 aromatic heterocycles. The van der Waals surface area contributed by atoms with E-state index in [2.05, 4.69) is 10.6 Å². The van der Waals surface area contributed by atoms with Gasteiger partial charge in [-0.3, -0.25) is 9.59 Å². The van der Waals surface area contributed by atoms with Crippen LogP contribution in [-0.2, 0) is 9.59 Å². The quantitative estimate of drug-likeness (QED) is 0.795. The van der Waals surface area contributed by atoms with E-state index in [1.807, 2.05) is 31.1 Å². The molecule has 0 heterocycles. The van der Waals surface area contributed by atoms with Crippen LogP contribution in [0, 0.1) is 0 Å². The number of rotatable bonds is 7. The van der Waals surface area contributed by atoms with Crippen molar-refractivity contribution in [2.45, 2.75) is 0 Å². The van der Waals surface area contributed by atoms with E-state index < -0.39 is 0 Å². The maximum atomic E-state index is 11.9. The number of anilines is 2. The monoisotopic (exact) mass is 361 g/mol.